The van der Waals surface area contributed by atoms with Crippen LogP contribution in [0.5, 0.6) is 0 Å². The summed E-state index contributed by atoms with van der Waals surface area (Å²) in [6.45, 7) is 0.977. The number of nitriles is 1. The molecule has 0 amide bonds. The molecule has 2 aromatic rings. The first kappa shape index (κ1) is 13.5. The molecule has 0 saturated carbocycles. The maximum Gasteiger partial charge on any atom is 0.128 e. The van der Waals surface area contributed by atoms with Crippen molar-refractivity contribution in [1.29, 1.82) is 5.26 Å². The Morgan fingerprint density at radius 2 is 2.06 bits per heavy atom. The fourth-order valence-corrected chi connectivity index (χ4v) is 2.58. The summed E-state index contributed by atoms with van der Waals surface area (Å²) in [7, 11) is 1.60. The van der Waals surface area contributed by atoms with Crippen molar-refractivity contribution in [2.75, 3.05) is 13.7 Å². The smallest absolute Gasteiger partial charge is 0.128 e. The van der Waals surface area contributed by atoms with Gasteiger partial charge in [-0.1, -0.05) is 34.8 Å². The van der Waals surface area contributed by atoms with E-state index in [1.165, 1.54) is 0 Å². The molecule has 0 aliphatic carbocycles. The Labute approximate surface area is 119 Å². The minimum Gasteiger partial charge on any atom is -0.383 e. The van der Waals surface area contributed by atoms with Crippen molar-refractivity contribution in [3.63, 3.8) is 0 Å². The van der Waals surface area contributed by atoms with E-state index in [0.717, 1.165) is 0 Å². The second kappa shape index (κ2) is 5.38. The van der Waals surface area contributed by atoms with Crippen molar-refractivity contribution in [3.8, 4) is 6.07 Å². The molecule has 0 fully saturated rings. The summed E-state index contributed by atoms with van der Waals surface area (Å²) in [5.74, 6) is 0. The highest BCUT2D eigenvalue weighted by Gasteiger charge is 2.18. The van der Waals surface area contributed by atoms with Crippen LogP contribution in [0.15, 0.2) is 12.1 Å². The van der Waals surface area contributed by atoms with Gasteiger partial charge in [0.1, 0.15) is 11.2 Å². The number of hydrogen-bond acceptors (Lipinski definition) is 2. The van der Waals surface area contributed by atoms with Crippen LogP contribution in [0.4, 0.5) is 0 Å². The zero-order chi connectivity index (χ0) is 13.3. The van der Waals surface area contributed by atoms with Gasteiger partial charge in [0.05, 0.1) is 27.7 Å². The van der Waals surface area contributed by atoms with Crippen LogP contribution in [-0.4, -0.2) is 18.3 Å². The third-order valence-corrected chi connectivity index (χ3v) is 3.87. The molecule has 0 radical (unpaired) electrons. The fourth-order valence-electron chi connectivity index (χ4n) is 1.85. The lowest BCUT2D eigenvalue weighted by molar-refractivity contribution is 0.188. The second-order valence-electron chi connectivity index (χ2n) is 3.68. The lowest BCUT2D eigenvalue weighted by atomic mass is 10.2. The number of rotatable bonds is 3. The molecule has 1 heterocycles. The number of ether oxygens (including phenoxy) is 1. The molecule has 0 bridgehead atoms. The zero-order valence-corrected chi connectivity index (χ0v) is 11.8. The first-order chi connectivity index (χ1) is 8.61. The Hall–Kier alpha value is -0.920. The maximum atomic E-state index is 9.16. The lowest BCUT2D eigenvalue weighted by Crippen LogP contribution is -2.04. The van der Waals surface area contributed by atoms with E-state index in [1.807, 2.05) is 0 Å². The molecular formula is C12H9Cl3N2O. The number of methoxy groups -OCH3 is 1. The van der Waals surface area contributed by atoms with Gasteiger partial charge in [-0.25, -0.2) is 0 Å². The van der Waals surface area contributed by atoms with E-state index in [1.54, 1.807) is 23.8 Å². The molecule has 2 rings (SSSR count). The van der Waals surface area contributed by atoms with E-state index in [-0.39, 0.29) is 0 Å². The Morgan fingerprint density at radius 1 is 1.33 bits per heavy atom. The molecule has 1 aromatic carbocycles. The molecule has 94 valence electrons. The number of halogens is 3. The summed E-state index contributed by atoms with van der Waals surface area (Å²) in [6, 6.07) is 5.49. The van der Waals surface area contributed by atoms with Gasteiger partial charge in [0.2, 0.25) is 0 Å². The zero-order valence-electron chi connectivity index (χ0n) is 9.51. The lowest BCUT2D eigenvalue weighted by Gasteiger charge is -2.07. The third kappa shape index (κ3) is 2.06. The van der Waals surface area contributed by atoms with Gasteiger partial charge in [-0.2, -0.15) is 5.26 Å². The molecule has 0 saturated heterocycles. The summed E-state index contributed by atoms with van der Waals surface area (Å²) in [5, 5.41) is 11.0. The Balaban J connectivity index is 2.79. The Kier molecular flexibility index (Phi) is 4.04. The summed E-state index contributed by atoms with van der Waals surface area (Å²) < 4.78 is 6.77. The van der Waals surface area contributed by atoms with Crippen molar-refractivity contribution in [2.24, 2.45) is 0 Å². The normalized spacial score (nSPS) is 10.8. The SMILES string of the molecule is COCCn1c(Cl)c(C#N)c2ccc(Cl)c(Cl)c21. The summed E-state index contributed by atoms with van der Waals surface area (Å²) in [4.78, 5) is 0. The van der Waals surface area contributed by atoms with Gasteiger partial charge in [-0.15, -0.1) is 0 Å². The molecule has 0 atom stereocenters. The minimum atomic E-state index is 0.355. The van der Waals surface area contributed by atoms with Crippen molar-refractivity contribution in [1.82, 2.24) is 4.57 Å². The Bertz CT molecular complexity index is 643. The molecule has 0 unspecified atom stereocenters. The second-order valence-corrected chi connectivity index (χ2v) is 4.82. The van der Waals surface area contributed by atoms with Crippen LogP contribution in [0.1, 0.15) is 5.56 Å². The molecule has 0 N–H and O–H groups in total. The van der Waals surface area contributed by atoms with Crippen LogP contribution in [0.3, 0.4) is 0 Å². The molecule has 18 heavy (non-hydrogen) atoms. The first-order valence-corrected chi connectivity index (χ1v) is 6.30. The number of aromatic nitrogens is 1. The molecule has 3 nitrogen and oxygen atoms in total. The van der Waals surface area contributed by atoms with Gasteiger partial charge >= 0.3 is 0 Å². The van der Waals surface area contributed by atoms with Gasteiger partial charge in [0, 0.05) is 19.0 Å². The highest BCUT2D eigenvalue weighted by molar-refractivity contribution is 6.45. The van der Waals surface area contributed by atoms with Crippen molar-refractivity contribution in [2.45, 2.75) is 6.54 Å². The van der Waals surface area contributed by atoms with E-state index in [4.69, 9.17) is 44.8 Å². The quantitative estimate of drug-likeness (QED) is 0.855. The monoisotopic (exact) mass is 302 g/mol. The van der Waals surface area contributed by atoms with Gasteiger partial charge in [0.15, 0.2) is 0 Å². The van der Waals surface area contributed by atoms with Gasteiger partial charge in [-0.3, -0.25) is 0 Å². The molecule has 0 aliphatic heterocycles. The van der Waals surface area contributed by atoms with Gasteiger partial charge < -0.3 is 9.30 Å². The third-order valence-electron chi connectivity index (χ3n) is 2.68. The standard InChI is InChI=1S/C12H9Cl3N2O/c1-18-5-4-17-11-7(8(6-16)12(17)15)2-3-9(13)10(11)14/h2-3H,4-5H2,1H3. The highest BCUT2D eigenvalue weighted by atomic mass is 35.5. The first-order valence-electron chi connectivity index (χ1n) is 5.16. The number of hydrogen-bond donors (Lipinski definition) is 0. The maximum absolute atomic E-state index is 9.16. The largest absolute Gasteiger partial charge is 0.383 e. The summed E-state index contributed by atoms with van der Waals surface area (Å²) in [5.41, 5.74) is 1.07. The van der Waals surface area contributed by atoms with Crippen LogP contribution in [0, 0.1) is 11.3 Å². The van der Waals surface area contributed by atoms with E-state index < -0.39 is 0 Å². The topological polar surface area (TPSA) is 38.0 Å². The summed E-state index contributed by atoms with van der Waals surface area (Å²) >= 11 is 18.4. The Morgan fingerprint density at radius 3 is 2.67 bits per heavy atom. The molecule has 0 spiro atoms. The predicted molar refractivity (Wildman–Crippen MR) is 73.6 cm³/mol. The van der Waals surface area contributed by atoms with Crippen molar-refractivity contribution in [3.05, 3.63) is 32.9 Å². The van der Waals surface area contributed by atoms with Crippen LogP contribution < -0.4 is 0 Å². The van der Waals surface area contributed by atoms with Crippen LogP contribution in [0.2, 0.25) is 15.2 Å². The number of fused-ring (bicyclic) bond motifs is 1. The van der Waals surface area contributed by atoms with Crippen LogP contribution in [-0.2, 0) is 11.3 Å². The summed E-state index contributed by atoms with van der Waals surface area (Å²) in [6.07, 6.45) is 0. The minimum absolute atomic E-state index is 0.355. The van der Waals surface area contributed by atoms with Gasteiger partial charge in [-0.05, 0) is 12.1 Å². The molecule has 6 heteroatoms. The van der Waals surface area contributed by atoms with E-state index in [0.29, 0.717) is 44.8 Å². The van der Waals surface area contributed by atoms with Gasteiger partial charge in [0.25, 0.3) is 0 Å². The van der Waals surface area contributed by atoms with Crippen molar-refractivity contribution >= 4 is 45.7 Å². The predicted octanol–water partition coefficient (Wildman–Crippen LogP) is 4.12. The average molecular weight is 304 g/mol. The van der Waals surface area contributed by atoms with E-state index >= 15 is 0 Å². The van der Waals surface area contributed by atoms with Crippen LogP contribution >= 0.6 is 34.8 Å². The molecule has 1 aromatic heterocycles. The number of nitrogens with zero attached hydrogens (tertiary/aromatic N) is 2. The molecule has 0 aliphatic rings. The van der Waals surface area contributed by atoms with Crippen LogP contribution in [0.25, 0.3) is 10.9 Å². The molecular weight excluding hydrogens is 295 g/mol. The van der Waals surface area contributed by atoms with E-state index in [9.17, 15) is 0 Å². The van der Waals surface area contributed by atoms with Crippen molar-refractivity contribution < 1.29 is 4.74 Å². The number of benzene rings is 1. The van der Waals surface area contributed by atoms with E-state index in [2.05, 4.69) is 6.07 Å². The average Bonchev–Trinajstić information content (AvgIpc) is 2.64. The highest BCUT2D eigenvalue weighted by Crippen LogP contribution is 2.37. The fraction of sp³-hybridized carbons (Fsp3) is 0.250.